The van der Waals surface area contributed by atoms with Gasteiger partial charge < -0.3 is 0 Å². The van der Waals surface area contributed by atoms with Crippen LogP contribution in [-0.2, 0) is 29.7 Å². The van der Waals surface area contributed by atoms with Gasteiger partial charge in [0.1, 0.15) is 0 Å². The van der Waals surface area contributed by atoms with E-state index in [-0.39, 0.29) is 20.4 Å². The Morgan fingerprint density at radius 2 is 0.824 bits per heavy atom. The molecule has 1 aliphatic carbocycles. The van der Waals surface area contributed by atoms with Crippen LogP contribution in [0.5, 0.6) is 0 Å². The van der Waals surface area contributed by atoms with E-state index in [0.29, 0.717) is 0 Å². The fourth-order valence-electron chi connectivity index (χ4n) is 1.41. The molecule has 0 fully saturated rings. The Labute approximate surface area is 117 Å². The van der Waals surface area contributed by atoms with E-state index < -0.39 is 0 Å². The first-order valence-corrected chi connectivity index (χ1v) is 4.36. The summed E-state index contributed by atoms with van der Waals surface area (Å²) in [6.45, 7) is 20.0. The van der Waals surface area contributed by atoms with Crippen molar-refractivity contribution in [2.75, 3.05) is 0 Å². The minimum Gasteiger partial charge on any atom is 0 e. The van der Waals surface area contributed by atoms with E-state index in [1.165, 1.54) is 28.2 Å². The molecule has 0 bridgehead atoms. The van der Waals surface area contributed by atoms with Crippen molar-refractivity contribution in [2.24, 2.45) is 0 Å². The summed E-state index contributed by atoms with van der Waals surface area (Å²) in [7, 11) is 0. The van der Waals surface area contributed by atoms with Crippen LogP contribution in [0.1, 0.15) is 34.6 Å². The van der Waals surface area contributed by atoms with Crippen LogP contribution >= 0.6 is 0 Å². The number of hydrogen-bond acceptors (Lipinski definition) is 2. The normalized spacial score (nSPS) is 12.9. The summed E-state index contributed by atoms with van der Waals surface area (Å²) < 4.78 is 15.0. The van der Waals surface area contributed by atoms with E-state index in [4.69, 9.17) is 20.1 Å². The molecule has 0 aromatic heterocycles. The molecule has 0 saturated carbocycles. The molecule has 17 heavy (non-hydrogen) atoms. The third-order valence-electron chi connectivity index (χ3n) is 2.81. The van der Waals surface area contributed by atoms with Gasteiger partial charge in [-0.2, -0.15) is 0 Å². The number of hydrogen-bond donors (Lipinski definition) is 0. The Kier molecular flexibility index (Phi) is 22.1. The molecule has 0 atom stereocenters. The molecule has 0 aromatic carbocycles. The zero-order valence-electron chi connectivity index (χ0n) is 10.6. The van der Waals surface area contributed by atoms with Gasteiger partial charge in [0.15, 0.2) is 0 Å². The third kappa shape index (κ3) is 7.06. The molecule has 2 radical (unpaired) electrons. The van der Waals surface area contributed by atoms with Gasteiger partial charge in [0.25, 0.3) is 0 Å². The van der Waals surface area contributed by atoms with Crippen molar-refractivity contribution in [3.05, 3.63) is 41.5 Å². The minimum absolute atomic E-state index is 0. The Balaban J connectivity index is -0.000000106. The Morgan fingerprint density at radius 1 is 0.647 bits per heavy atom. The summed E-state index contributed by atoms with van der Waals surface area (Å²) in [5.74, 6) is 1.47. The molecular formula is C12H15N2O2Re. The summed E-state index contributed by atoms with van der Waals surface area (Å²) in [5.41, 5.74) is 5.87. The first-order valence-electron chi connectivity index (χ1n) is 4.36. The van der Waals surface area contributed by atoms with Crippen LogP contribution in [0.4, 0.5) is 0 Å². The minimum atomic E-state index is 0. The van der Waals surface area contributed by atoms with Crippen LogP contribution < -0.4 is 0 Å². The predicted molar refractivity (Wildman–Crippen MR) is 57.0 cm³/mol. The zero-order chi connectivity index (χ0) is 13.9. The van der Waals surface area contributed by atoms with Gasteiger partial charge in [0, 0.05) is 37.1 Å². The van der Waals surface area contributed by atoms with Gasteiger partial charge in [-0.15, -0.1) is 0 Å². The van der Waals surface area contributed by atoms with Crippen LogP contribution in [0.15, 0.2) is 22.3 Å². The summed E-state index contributed by atoms with van der Waals surface area (Å²) in [5, 5.41) is 12.0. The molecule has 4 nitrogen and oxygen atoms in total. The number of rotatable bonds is 0. The maximum absolute atomic E-state index is 7.50. The van der Waals surface area contributed by atoms with Crippen molar-refractivity contribution < 1.29 is 29.7 Å². The Hall–Kier alpha value is -0.958. The molecule has 5 heteroatoms. The third-order valence-corrected chi connectivity index (χ3v) is 2.81. The summed E-state index contributed by atoms with van der Waals surface area (Å²) in [6.07, 6.45) is 0. The predicted octanol–water partition coefficient (Wildman–Crippen LogP) is 3.22. The van der Waals surface area contributed by atoms with Crippen LogP contribution in [0.2, 0.25) is 0 Å². The molecule has 0 aliphatic heterocycles. The maximum Gasteiger partial charge on any atom is 0 e. The average Bonchev–Trinajstić information content (AvgIpc) is 2.55. The molecular weight excluding hydrogens is 390 g/mol. The average molecular weight is 405 g/mol. The SMILES string of the molecule is C[C]1C(C)=C(C)C(C)=C1C.N#N.[C-]#[O+].[C-]#[O+].[Re]. The van der Waals surface area contributed by atoms with Gasteiger partial charge in [-0.25, -0.2) is 0 Å². The fraction of sp³-hybridized carbons (Fsp3) is 0.417. The van der Waals surface area contributed by atoms with E-state index in [1.54, 1.807) is 0 Å². The summed E-state index contributed by atoms with van der Waals surface area (Å²) in [4.78, 5) is 0. The van der Waals surface area contributed by atoms with Crippen molar-refractivity contribution in [3.8, 4) is 0 Å². The molecule has 1 rings (SSSR count). The van der Waals surface area contributed by atoms with Crippen molar-refractivity contribution in [2.45, 2.75) is 34.6 Å². The first-order chi connectivity index (χ1) is 7.55. The standard InChI is InChI=1S/C10H15.2CO.N2.Re/c1-6-7(2)9(4)10(5)8(6)3;3*1-2;/h1-5H3;;;;. The quantitative estimate of drug-likeness (QED) is 0.352. The molecule has 0 aromatic rings. The molecule has 0 amide bonds. The monoisotopic (exact) mass is 406 g/mol. The first kappa shape index (κ1) is 25.0. The Morgan fingerprint density at radius 3 is 0.882 bits per heavy atom. The molecule has 0 spiro atoms. The van der Waals surface area contributed by atoms with E-state index in [2.05, 4.69) is 47.9 Å². The second kappa shape index (κ2) is 15.0. The smallest absolute Gasteiger partial charge is 0 e. The van der Waals surface area contributed by atoms with Crippen LogP contribution in [0.25, 0.3) is 0 Å². The molecule has 0 heterocycles. The second-order valence-corrected chi connectivity index (χ2v) is 3.12. The van der Waals surface area contributed by atoms with Crippen LogP contribution in [0.3, 0.4) is 0 Å². The van der Waals surface area contributed by atoms with Crippen LogP contribution in [0, 0.1) is 30.0 Å². The number of allylic oxidation sites excluding steroid dienone is 4. The second-order valence-electron chi connectivity index (χ2n) is 3.12. The van der Waals surface area contributed by atoms with Gasteiger partial charge in [0.05, 0.1) is 0 Å². The van der Waals surface area contributed by atoms with E-state index in [1.807, 2.05) is 0 Å². The van der Waals surface area contributed by atoms with Crippen molar-refractivity contribution in [1.82, 2.24) is 0 Å². The topological polar surface area (TPSA) is 87.4 Å². The molecule has 1 aliphatic rings. The van der Waals surface area contributed by atoms with E-state index in [0.717, 1.165) is 0 Å². The summed E-state index contributed by atoms with van der Waals surface area (Å²) >= 11 is 0. The van der Waals surface area contributed by atoms with Gasteiger partial charge in [-0.05, 0) is 38.8 Å². The zero-order valence-corrected chi connectivity index (χ0v) is 13.3. The molecule has 0 N–H and O–H groups in total. The largest absolute Gasteiger partial charge is 0 e. The molecule has 0 unspecified atom stereocenters. The van der Waals surface area contributed by atoms with Gasteiger partial charge in [-0.3, -0.25) is 0 Å². The maximum atomic E-state index is 7.50. The van der Waals surface area contributed by atoms with Crippen molar-refractivity contribution in [3.63, 3.8) is 0 Å². The van der Waals surface area contributed by atoms with Gasteiger partial charge in [-0.1, -0.05) is 18.1 Å². The molecule has 0 saturated heterocycles. The van der Waals surface area contributed by atoms with Crippen molar-refractivity contribution >= 4 is 0 Å². The summed E-state index contributed by atoms with van der Waals surface area (Å²) in [6, 6.07) is 0. The van der Waals surface area contributed by atoms with E-state index >= 15 is 0 Å². The van der Waals surface area contributed by atoms with E-state index in [9.17, 15) is 0 Å². The Bertz CT molecular complexity index is 300. The fourth-order valence-corrected chi connectivity index (χ4v) is 1.41. The number of nitrogens with zero attached hydrogens (tertiary/aromatic N) is 2. The van der Waals surface area contributed by atoms with Gasteiger partial charge >= 0.3 is 22.6 Å². The van der Waals surface area contributed by atoms with Gasteiger partial charge in [0.2, 0.25) is 0 Å². The van der Waals surface area contributed by atoms with Crippen LogP contribution in [-0.4, -0.2) is 0 Å². The molecule has 92 valence electrons. The van der Waals surface area contributed by atoms with Crippen molar-refractivity contribution in [1.29, 1.82) is 10.8 Å².